The van der Waals surface area contributed by atoms with Crippen molar-refractivity contribution in [2.75, 3.05) is 13.7 Å². The highest BCUT2D eigenvalue weighted by atomic mass is 19.3. The van der Waals surface area contributed by atoms with Crippen LogP contribution in [-0.4, -0.2) is 26.2 Å². The molecular formula is C19H23F2N3O2. The van der Waals surface area contributed by atoms with Crippen molar-refractivity contribution in [1.29, 1.82) is 0 Å². The Labute approximate surface area is 152 Å². The highest BCUT2D eigenvalue weighted by Crippen LogP contribution is 2.17. The van der Waals surface area contributed by atoms with E-state index in [1.807, 2.05) is 37.3 Å². The zero-order chi connectivity index (χ0) is 18.8. The standard InChI is InChI=1S/C19H23F2N3O2/c1-3-22-19(24-13-15-8-4-5-10-17(15)25-2)23-12-14-7-6-9-16(11-14)26-18(20)21/h4-11,18H,3,12-13H2,1-2H3,(H2,22,23,24). The Hall–Kier alpha value is -2.83. The van der Waals surface area contributed by atoms with E-state index in [0.29, 0.717) is 25.6 Å². The zero-order valence-electron chi connectivity index (χ0n) is 14.8. The number of ether oxygens (including phenoxy) is 2. The molecule has 0 saturated heterocycles. The lowest BCUT2D eigenvalue weighted by Gasteiger charge is -2.13. The van der Waals surface area contributed by atoms with Crippen molar-refractivity contribution in [3.63, 3.8) is 0 Å². The molecule has 0 radical (unpaired) electrons. The summed E-state index contributed by atoms with van der Waals surface area (Å²) in [6.45, 7) is 0.712. The van der Waals surface area contributed by atoms with E-state index >= 15 is 0 Å². The van der Waals surface area contributed by atoms with Gasteiger partial charge in [-0.3, -0.25) is 0 Å². The third-order valence-electron chi connectivity index (χ3n) is 3.53. The number of nitrogens with zero attached hydrogens (tertiary/aromatic N) is 1. The van der Waals surface area contributed by atoms with E-state index < -0.39 is 6.61 Å². The average Bonchev–Trinajstić information content (AvgIpc) is 2.64. The van der Waals surface area contributed by atoms with Crippen LogP contribution in [0.15, 0.2) is 53.5 Å². The van der Waals surface area contributed by atoms with Crippen molar-refractivity contribution >= 4 is 5.96 Å². The molecule has 0 fully saturated rings. The largest absolute Gasteiger partial charge is 0.496 e. The van der Waals surface area contributed by atoms with Gasteiger partial charge in [-0.2, -0.15) is 8.78 Å². The van der Waals surface area contributed by atoms with Gasteiger partial charge in [0.05, 0.1) is 13.7 Å². The van der Waals surface area contributed by atoms with Crippen molar-refractivity contribution in [1.82, 2.24) is 10.6 Å². The highest BCUT2D eigenvalue weighted by molar-refractivity contribution is 5.79. The van der Waals surface area contributed by atoms with Crippen LogP contribution in [0.25, 0.3) is 0 Å². The van der Waals surface area contributed by atoms with Gasteiger partial charge >= 0.3 is 6.61 Å². The van der Waals surface area contributed by atoms with Crippen LogP contribution < -0.4 is 20.1 Å². The van der Waals surface area contributed by atoms with Gasteiger partial charge in [-0.25, -0.2) is 4.99 Å². The zero-order valence-corrected chi connectivity index (χ0v) is 14.8. The van der Waals surface area contributed by atoms with Crippen LogP contribution in [0.5, 0.6) is 11.5 Å². The average molecular weight is 363 g/mol. The van der Waals surface area contributed by atoms with Gasteiger partial charge in [-0.1, -0.05) is 30.3 Å². The smallest absolute Gasteiger partial charge is 0.387 e. The van der Waals surface area contributed by atoms with Gasteiger partial charge in [-0.15, -0.1) is 0 Å². The maximum atomic E-state index is 12.3. The molecule has 0 aliphatic heterocycles. The second-order valence-corrected chi connectivity index (χ2v) is 5.39. The summed E-state index contributed by atoms with van der Waals surface area (Å²) in [5.41, 5.74) is 1.78. The number of hydrogen-bond acceptors (Lipinski definition) is 3. The molecule has 0 atom stereocenters. The number of benzene rings is 2. The molecule has 2 aromatic rings. The molecule has 2 aromatic carbocycles. The van der Waals surface area contributed by atoms with E-state index in [2.05, 4.69) is 20.4 Å². The molecule has 2 N–H and O–H groups in total. The number of aliphatic imine (C=N–C) groups is 1. The Morgan fingerprint density at radius 1 is 1.12 bits per heavy atom. The van der Waals surface area contributed by atoms with Gasteiger partial charge < -0.3 is 20.1 Å². The second-order valence-electron chi connectivity index (χ2n) is 5.39. The molecule has 0 aliphatic carbocycles. The minimum Gasteiger partial charge on any atom is -0.496 e. The van der Waals surface area contributed by atoms with Crippen LogP contribution in [0.4, 0.5) is 8.78 Å². The van der Waals surface area contributed by atoms with Crippen LogP contribution in [0, 0.1) is 0 Å². The molecule has 2 rings (SSSR count). The van der Waals surface area contributed by atoms with Gasteiger partial charge in [-0.05, 0) is 30.7 Å². The maximum Gasteiger partial charge on any atom is 0.387 e. The first kappa shape index (κ1) is 19.5. The summed E-state index contributed by atoms with van der Waals surface area (Å²) < 4.78 is 34.4. The van der Waals surface area contributed by atoms with Crippen molar-refractivity contribution in [2.24, 2.45) is 4.99 Å². The van der Waals surface area contributed by atoms with Crippen molar-refractivity contribution in [3.05, 3.63) is 59.7 Å². The summed E-state index contributed by atoms with van der Waals surface area (Å²) >= 11 is 0. The number of rotatable bonds is 8. The van der Waals surface area contributed by atoms with Crippen molar-refractivity contribution < 1.29 is 18.3 Å². The Kier molecular flexibility index (Phi) is 7.67. The first-order valence-electron chi connectivity index (χ1n) is 8.30. The van der Waals surface area contributed by atoms with Crippen LogP contribution in [0.2, 0.25) is 0 Å². The van der Waals surface area contributed by atoms with Crippen LogP contribution in [-0.2, 0) is 13.1 Å². The van der Waals surface area contributed by atoms with Crippen molar-refractivity contribution in [2.45, 2.75) is 26.6 Å². The fourth-order valence-electron chi connectivity index (χ4n) is 2.36. The molecule has 0 amide bonds. The summed E-state index contributed by atoms with van der Waals surface area (Å²) in [4.78, 5) is 4.49. The molecular weight excluding hydrogens is 340 g/mol. The van der Waals surface area contributed by atoms with Gasteiger partial charge in [0, 0.05) is 18.7 Å². The first-order chi connectivity index (χ1) is 12.6. The lowest BCUT2D eigenvalue weighted by atomic mass is 10.2. The third kappa shape index (κ3) is 6.23. The number of nitrogens with one attached hydrogen (secondary N) is 2. The van der Waals surface area contributed by atoms with Crippen LogP contribution in [0.3, 0.4) is 0 Å². The molecule has 140 valence electrons. The SMILES string of the molecule is CCNC(=NCc1cccc(OC(F)F)c1)NCc1ccccc1OC. The van der Waals surface area contributed by atoms with E-state index in [-0.39, 0.29) is 5.75 Å². The number of para-hydroxylation sites is 1. The normalized spacial score (nSPS) is 11.3. The van der Waals surface area contributed by atoms with E-state index in [1.54, 1.807) is 19.2 Å². The fraction of sp³-hybridized carbons (Fsp3) is 0.316. The van der Waals surface area contributed by atoms with E-state index in [1.165, 1.54) is 6.07 Å². The minimum absolute atomic E-state index is 0.125. The molecule has 0 saturated carbocycles. The van der Waals surface area contributed by atoms with Crippen LogP contribution >= 0.6 is 0 Å². The Balaban J connectivity index is 2.02. The minimum atomic E-state index is -2.84. The monoisotopic (exact) mass is 363 g/mol. The maximum absolute atomic E-state index is 12.3. The number of methoxy groups -OCH3 is 1. The number of alkyl halides is 2. The molecule has 0 heterocycles. The quantitative estimate of drug-likeness (QED) is 0.556. The topological polar surface area (TPSA) is 54.9 Å². The van der Waals surface area contributed by atoms with Gasteiger partial charge in [0.25, 0.3) is 0 Å². The lowest BCUT2D eigenvalue weighted by molar-refractivity contribution is -0.0498. The van der Waals surface area contributed by atoms with Gasteiger partial charge in [0.1, 0.15) is 11.5 Å². The Morgan fingerprint density at radius 3 is 2.65 bits per heavy atom. The summed E-state index contributed by atoms with van der Waals surface area (Å²) in [6.07, 6.45) is 0. The summed E-state index contributed by atoms with van der Waals surface area (Å²) in [5, 5.41) is 6.39. The van der Waals surface area contributed by atoms with Gasteiger partial charge in [0.2, 0.25) is 0 Å². The van der Waals surface area contributed by atoms with Crippen LogP contribution in [0.1, 0.15) is 18.1 Å². The number of halogens is 2. The second kappa shape index (κ2) is 10.2. The number of hydrogen-bond donors (Lipinski definition) is 2. The molecule has 0 aromatic heterocycles. The van der Waals surface area contributed by atoms with E-state index in [9.17, 15) is 8.78 Å². The summed E-state index contributed by atoms with van der Waals surface area (Å²) in [7, 11) is 1.63. The van der Waals surface area contributed by atoms with Crippen molar-refractivity contribution in [3.8, 4) is 11.5 Å². The molecule has 0 spiro atoms. The molecule has 0 aliphatic rings. The predicted molar refractivity (Wildman–Crippen MR) is 97.7 cm³/mol. The predicted octanol–water partition coefficient (Wildman–Crippen LogP) is 3.55. The van der Waals surface area contributed by atoms with E-state index in [0.717, 1.165) is 16.9 Å². The fourth-order valence-corrected chi connectivity index (χ4v) is 2.36. The Bertz CT molecular complexity index is 723. The first-order valence-corrected chi connectivity index (χ1v) is 8.30. The molecule has 0 bridgehead atoms. The molecule has 5 nitrogen and oxygen atoms in total. The molecule has 7 heteroatoms. The summed E-state index contributed by atoms with van der Waals surface area (Å²) in [5.74, 6) is 1.55. The lowest BCUT2D eigenvalue weighted by Crippen LogP contribution is -2.36. The van der Waals surface area contributed by atoms with Gasteiger partial charge in [0.15, 0.2) is 5.96 Å². The van der Waals surface area contributed by atoms with E-state index in [4.69, 9.17) is 4.74 Å². The third-order valence-corrected chi connectivity index (χ3v) is 3.53. The molecule has 0 unspecified atom stereocenters. The Morgan fingerprint density at radius 2 is 1.92 bits per heavy atom. The molecule has 26 heavy (non-hydrogen) atoms. The highest BCUT2D eigenvalue weighted by Gasteiger charge is 2.06. The number of guanidine groups is 1. The summed E-state index contributed by atoms with van der Waals surface area (Å²) in [6, 6.07) is 14.2.